The molecule has 0 radical (unpaired) electrons. The highest BCUT2D eigenvalue weighted by atomic mass is 79.9. The summed E-state index contributed by atoms with van der Waals surface area (Å²) in [6, 6.07) is 1.88. The van der Waals surface area contributed by atoms with E-state index in [0.717, 1.165) is 23.0 Å². The molecule has 2 aromatic rings. The lowest BCUT2D eigenvalue weighted by molar-refractivity contribution is 0.102. The van der Waals surface area contributed by atoms with Gasteiger partial charge in [-0.3, -0.25) is 9.78 Å². The van der Waals surface area contributed by atoms with Crippen LogP contribution in [0.5, 0.6) is 0 Å². The molecule has 0 aliphatic heterocycles. The Kier molecular flexibility index (Phi) is 5.21. The van der Waals surface area contributed by atoms with Crippen LogP contribution in [0.15, 0.2) is 29.1 Å². The normalized spacial score (nSPS) is 10.2. The van der Waals surface area contributed by atoms with E-state index in [4.69, 9.17) is 0 Å². The van der Waals surface area contributed by atoms with Crippen LogP contribution >= 0.6 is 15.9 Å². The molecule has 0 bridgehead atoms. The van der Waals surface area contributed by atoms with Crippen molar-refractivity contribution in [3.63, 3.8) is 0 Å². The Balaban J connectivity index is 2.12. The minimum absolute atomic E-state index is 0.250. The van der Waals surface area contributed by atoms with Crippen molar-refractivity contribution in [2.45, 2.75) is 20.3 Å². The van der Waals surface area contributed by atoms with Crippen LogP contribution in [-0.4, -0.2) is 27.4 Å². The fourth-order valence-corrected chi connectivity index (χ4v) is 2.10. The van der Waals surface area contributed by atoms with Crippen LogP contribution in [0.1, 0.15) is 29.4 Å². The minimum atomic E-state index is -0.333. The van der Waals surface area contributed by atoms with Crippen molar-refractivity contribution >= 4 is 33.5 Å². The van der Waals surface area contributed by atoms with E-state index in [1.54, 1.807) is 12.4 Å². The SMILES string of the molecule is CCCNc1cncc(C(=O)Nc2ncc(Br)cc2C)n1. The molecular formula is C14H16BrN5O. The van der Waals surface area contributed by atoms with E-state index < -0.39 is 0 Å². The molecule has 2 rings (SSSR count). The summed E-state index contributed by atoms with van der Waals surface area (Å²) in [5.41, 5.74) is 1.12. The topological polar surface area (TPSA) is 79.8 Å². The van der Waals surface area contributed by atoms with Gasteiger partial charge in [0.25, 0.3) is 5.91 Å². The maximum absolute atomic E-state index is 12.2. The average molecular weight is 350 g/mol. The Hall–Kier alpha value is -2.02. The Morgan fingerprint density at radius 2 is 2.14 bits per heavy atom. The number of hydrogen-bond donors (Lipinski definition) is 2. The second-order valence-electron chi connectivity index (χ2n) is 4.49. The van der Waals surface area contributed by atoms with Gasteiger partial charge in [-0.2, -0.15) is 0 Å². The van der Waals surface area contributed by atoms with Crippen molar-refractivity contribution in [1.82, 2.24) is 15.0 Å². The third kappa shape index (κ3) is 4.22. The summed E-state index contributed by atoms with van der Waals surface area (Å²) in [6.45, 7) is 4.71. The molecule has 0 aromatic carbocycles. The number of aromatic nitrogens is 3. The van der Waals surface area contributed by atoms with Crippen molar-refractivity contribution in [2.75, 3.05) is 17.2 Å². The van der Waals surface area contributed by atoms with Crippen LogP contribution in [0.25, 0.3) is 0 Å². The van der Waals surface area contributed by atoms with Gasteiger partial charge in [0.1, 0.15) is 17.3 Å². The highest BCUT2D eigenvalue weighted by molar-refractivity contribution is 9.10. The molecule has 1 amide bonds. The number of carbonyl (C=O) groups is 1. The van der Waals surface area contributed by atoms with Crippen LogP contribution in [0.2, 0.25) is 0 Å². The molecule has 2 heterocycles. The van der Waals surface area contributed by atoms with E-state index in [0.29, 0.717) is 11.6 Å². The first-order valence-electron chi connectivity index (χ1n) is 6.59. The number of amides is 1. The lowest BCUT2D eigenvalue weighted by atomic mass is 10.3. The number of nitrogens with one attached hydrogen (secondary N) is 2. The third-order valence-corrected chi connectivity index (χ3v) is 3.13. The number of aryl methyl sites for hydroxylation is 1. The standard InChI is InChI=1S/C14H16BrN5O/c1-3-4-17-12-8-16-7-11(19-12)14(21)20-13-9(2)5-10(15)6-18-13/h5-8H,3-4H2,1-2H3,(H,17,19)(H,18,20,21). The summed E-state index contributed by atoms with van der Waals surface area (Å²) in [7, 11) is 0. The van der Waals surface area contributed by atoms with Gasteiger partial charge in [0, 0.05) is 17.2 Å². The number of pyridine rings is 1. The Labute approximate surface area is 131 Å². The summed E-state index contributed by atoms with van der Waals surface area (Å²) in [5, 5.41) is 5.83. The summed E-state index contributed by atoms with van der Waals surface area (Å²) >= 11 is 3.34. The van der Waals surface area contributed by atoms with Gasteiger partial charge in [-0.05, 0) is 40.9 Å². The fraction of sp³-hybridized carbons (Fsp3) is 0.286. The molecule has 0 spiro atoms. The van der Waals surface area contributed by atoms with E-state index in [2.05, 4.69) is 48.4 Å². The highest BCUT2D eigenvalue weighted by Gasteiger charge is 2.11. The number of hydrogen-bond acceptors (Lipinski definition) is 5. The van der Waals surface area contributed by atoms with E-state index in [1.807, 2.05) is 13.0 Å². The predicted octanol–water partition coefficient (Wildman–Crippen LogP) is 3.02. The number of halogens is 1. The minimum Gasteiger partial charge on any atom is -0.369 e. The molecule has 0 aliphatic rings. The first-order chi connectivity index (χ1) is 10.1. The Morgan fingerprint density at radius 3 is 2.86 bits per heavy atom. The Morgan fingerprint density at radius 1 is 1.33 bits per heavy atom. The Bertz CT molecular complexity index is 647. The van der Waals surface area contributed by atoms with Gasteiger partial charge in [0.05, 0.1) is 12.4 Å². The maximum atomic E-state index is 12.2. The summed E-state index contributed by atoms with van der Waals surface area (Å²) < 4.78 is 0.864. The monoisotopic (exact) mass is 349 g/mol. The second-order valence-corrected chi connectivity index (χ2v) is 5.41. The summed E-state index contributed by atoms with van der Waals surface area (Å²) in [6.07, 6.45) is 5.63. The second kappa shape index (κ2) is 7.12. The molecule has 0 fully saturated rings. The molecule has 6 nitrogen and oxygen atoms in total. The smallest absolute Gasteiger partial charge is 0.277 e. The van der Waals surface area contributed by atoms with Crippen molar-refractivity contribution in [1.29, 1.82) is 0 Å². The first kappa shape index (κ1) is 15.4. The average Bonchev–Trinajstić information content (AvgIpc) is 2.48. The van der Waals surface area contributed by atoms with Crippen molar-refractivity contribution in [3.05, 3.63) is 40.4 Å². The molecule has 21 heavy (non-hydrogen) atoms. The van der Waals surface area contributed by atoms with E-state index in [1.165, 1.54) is 6.20 Å². The van der Waals surface area contributed by atoms with Crippen LogP contribution in [0.3, 0.4) is 0 Å². The zero-order chi connectivity index (χ0) is 15.2. The molecular weight excluding hydrogens is 334 g/mol. The van der Waals surface area contributed by atoms with Crippen LogP contribution in [-0.2, 0) is 0 Å². The molecule has 0 aliphatic carbocycles. The molecule has 0 saturated carbocycles. The van der Waals surface area contributed by atoms with Crippen molar-refractivity contribution in [3.8, 4) is 0 Å². The summed E-state index contributed by atoms with van der Waals surface area (Å²) in [4.78, 5) is 24.6. The van der Waals surface area contributed by atoms with Crippen LogP contribution < -0.4 is 10.6 Å². The molecule has 2 aromatic heterocycles. The van der Waals surface area contributed by atoms with Gasteiger partial charge < -0.3 is 10.6 Å². The molecule has 0 unspecified atom stereocenters. The number of carbonyl (C=O) groups excluding carboxylic acids is 1. The van der Waals surface area contributed by atoms with Crippen LogP contribution in [0.4, 0.5) is 11.6 Å². The largest absolute Gasteiger partial charge is 0.369 e. The van der Waals surface area contributed by atoms with Gasteiger partial charge in [0.2, 0.25) is 0 Å². The third-order valence-electron chi connectivity index (χ3n) is 2.70. The van der Waals surface area contributed by atoms with E-state index in [-0.39, 0.29) is 11.6 Å². The molecule has 2 N–H and O–H groups in total. The quantitative estimate of drug-likeness (QED) is 0.867. The highest BCUT2D eigenvalue weighted by Crippen LogP contribution is 2.17. The van der Waals surface area contributed by atoms with Gasteiger partial charge in [-0.15, -0.1) is 0 Å². The number of nitrogens with zero attached hydrogens (tertiary/aromatic N) is 3. The van der Waals surface area contributed by atoms with E-state index in [9.17, 15) is 4.79 Å². The zero-order valence-electron chi connectivity index (χ0n) is 11.9. The lowest BCUT2D eigenvalue weighted by Gasteiger charge is -2.08. The first-order valence-corrected chi connectivity index (χ1v) is 7.39. The van der Waals surface area contributed by atoms with Gasteiger partial charge >= 0.3 is 0 Å². The van der Waals surface area contributed by atoms with Crippen molar-refractivity contribution < 1.29 is 4.79 Å². The van der Waals surface area contributed by atoms with Gasteiger partial charge in [0.15, 0.2) is 0 Å². The predicted molar refractivity (Wildman–Crippen MR) is 85.4 cm³/mol. The number of rotatable bonds is 5. The molecule has 0 saturated heterocycles. The van der Waals surface area contributed by atoms with Crippen molar-refractivity contribution in [2.24, 2.45) is 0 Å². The van der Waals surface area contributed by atoms with Gasteiger partial charge in [-0.1, -0.05) is 6.92 Å². The lowest BCUT2D eigenvalue weighted by Crippen LogP contribution is -2.16. The molecule has 110 valence electrons. The molecule has 7 heteroatoms. The van der Waals surface area contributed by atoms with E-state index >= 15 is 0 Å². The van der Waals surface area contributed by atoms with Gasteiger partial charge in [-0.25, -0.2) is 9.97 Å². The maximum Gasteiger partial charge on any atom is 0.277 e. The van der Waals surface area contributed by atoms with Crippen LogP contribution in [0, 0.1) is 6.92 Å². The fourth-order valence-electron chi connectivity index (χ4n) is 1.66. The molecule has 0 atom stereocenters. The zero-order valence-corrected chi connectivity index (χ0v) is 13.4. The number of anilines is 2. The summed E-state index contributed by atoms with van der Waals surface area (Å²) in [5.74, 6) is 0.766.